The number of fused-ring (bicyclic) bond motifs is 3. The summed E-state index contributed by atoms with van der Waals surface area (Å²) in [5, 5.41) is 5.62. The van der Waals surface area contributed by atoms with E-state index in [4.69, 9.17) is 14.2 Å². The van der Waals surface area contributed by atoms with Gasteiger partial charge in [-0.3, -0.25) is 14.7 Å². The predicted octanol–water partition coefficient (Wildman–Crippen LogP) is 6.98. The number of rotatable bonds is 9. The van der Waals surface area contributed by atoms with E-state index in [1.165, 1.54) is 21.3 Å². The Morgan fingerprint density at radius 3 is 0.941 bits per heavy atom. The fraction of sp³-hybridized carbons (Fsp3) is 0.214. The number of methoxy groups -OCH3 is 3. The van der Waals surface area contributed by atoms with Crippen molar-refractivity contribution in [2.75, 3.05) is 41.3 Å². The Morgan fingerprint density at radius 2 is 0.667 bits per heavy atom. The second kappa shape index (κ2) is 14.7. The van der Waals surface area contributed by atoms with Crippen LogP contribution in [0.5, 0.6) is 0 Å². The normalized spacial score (nSPS) is 16.1. The van der Waals surface area contributed by atoms with Crippen molar-refractivity contribution in [2.24, 2.45) is 0 Å². The van der Waals surface area contributed by atoms with Crippen molar-refractivity contribution in [2.45, 2.75) is 18.1 Å². The van der Waals surface area contributed by atoms with E-state index in [0.29, 0.717) is 0 Å². The van der Waals surface area contributed by atoms with Crippen LogP contribution in [0.3, 0.4) is 0 Å². The molecule has 0 spiro atoms. The van der Waals surface area contributed by atoms with E-state index < -0.39 is 36.0 Å². The Bertz CT molecular complexity index is 1970. The number of carbonyl (C=O) groups excluding carboxylic acids is 3. The summed E-state index contributed by atoms with van der Waals surface area (Å²) in [5.41, 5.74) is 2.25. The highest BCUT2D eigenvalue weighted by Crippen LogP contribution is 2.39. The van der Waals surface area contributed by atoms with E-state index >= 15 is 0 Å². The highest BCUT2D eigenvalue weighted by atomic mass is 16.5. The molecular formula is C42H39N3O6. The van der Waals surface area contributed by atoms with Crippen LogP contribution in [-0.2, 0) is 28.6 Å². The maximum absolute atomic E-state index is 14.0. The van der Waals surface area contributed by atoms with Gasteiger partial charge < -0.3 is 14.2 Å². The van der Waals surface area contributed by atoms with Gasteiger partial charge in [0, 0.05) is 0 Å². The molecule has 1 aliphatic heterocycles. The highest BCUT2D eigenvalue weighted by Gasteiger charge is 2.44. The summed E-state index contributed by atoms with van der Waals surface area (Å²) in [4.78, 5) is 47.9. The minimum atomic E-state index is -0.886. The minimum Gasteiger partial charge on any atom is -0.468 e. The average molecular weight is 682 g/mol. The molecule has 6 aromatic carbocycles. The second-order valence-corrected chi connectivity index (χ2v) is 12.7. The smallest absolute Gasteiger partial charge is 0.327 e. The lowest BCUT2D eigenvalue weighted by molar-refractivity contribution is -0.167. The summed E-state index contributed by atoms with van der Waals surface area (Å²) >= 11 is 0. The molecule has 1 saturated heterocycles. The number of benzene rings is 6. The van der Waals surface area contributed by atoms with Gasteiger partial charge >= 0.3 is 17.9 Å². The third-order valence-corrected chi connectivity index (χ3v) is 9.81. The first kappa shape index (κ1) is 33.9. The molecule has 51 heavy (non-hydrogen) atoms. The summed E-state index contributed by atoms with van der Waals surface area (Å²) in [5.74, 6) is -1.40. The molecule has 9 nitrogen and oxygen atoms in total. The van der Waals surface area contributed by atoms with Crippen molar-refractivity contribution in [3.63, 3.8) is 0 Å². The number of ether oxygens (including phenoxy) is 3. The van der Waals surface area contributed by atoms with Crippen molar-refractivity contribution in [1.29, 1.82) is 0 Å². The molecule has 0 aliphatic carbocycles. The van der Waals surface area contributed by atoms with Crippen molar-refractivity contribution >= 4 is 50.2 Å². The van der Waals surface area contributed by atoms with E-state index in [1.807, 2.05) is 142 Å². The van der Waals surface area contributed by atoms with Gasteiger partial charge in [0.25, 0.3) is 0 Å². The Kier molecular flexibility index (Phi) is 9.76. The first-order valence-electron chi connectivity index (χ1n) is 16.8. The van der Waals surface area contributed by atoms with Crippen molar-refractivity contribution in [3.05, 3.63) is 144 Å². The third-order valence-electron chi connectivity index (χ3n) is 9.81. The topological polar surface area (TPSA) is 88.6 Å². The molecular weight excluding hydrogens is 642 g/mol. The summed E-state index contributed by atoms with van der Waals surface area (Å²) in [6.45, 7) is 0.518. The van der Waals surface area contributed by atoms with Gasteiger partial charge in [0.1, 0.15) is 18.1 Å². The van der Waals surface area contributed by atoms with E-state index in [9.17, 15) is 14.4 Å². The van der Waals surface area contributed by atoms with Gasteiger partial charge in [-0.1, -0.05) is 127 Å². The summed E-state index contributed by atoms with van der Waals surface area (Å²) in [6.07, 6.45) is 0. The molecule has 1 aliphatic rings. The van der Waals surface area contributed by atoms with Gasteiger partial charge in [0.2, 0.25) is 0 Å². The lowest BCUT2D eigenvalue weighted by Crippen LogP contribution is -2.60. The van der Waals surface area contributed by atoms with Crippen LogP contribution in [0.4, 0.5) is 0 Å². The van der Waals surface area contributed by atoms with E-state index in [2.05, 4.69) is 0 Å². The van der Waals surface area contributed by atoms with Crippen LogP contribution in [0.2, 0.25) is 0 Å². The summed E-state index contributed by atoms with van der Waals surface area (Å²) in [6, 6.07) is 38.6. The molecule has 7 rings (SSSR count). The van der Waals surface area contributed by atoms with Crippen LogP contribution in [0, 0.1) is 0 Å². The molecule has 3 unspecified atom stereocenters. The zero-order valence-corrected chi connectivity index (χ0v) is 28.8. The van der Waals surface area contributed by atoms with Crippen LogP contribution in [0.25, 0.3) is 32.3 Å². The quantitative estimate of drug-likeness (QED) is 0.119. The molecule has 0 amide bonds. The zero-order valence-electron chi connectivity index (χ0n) is 28.8. The molecule has 0 N–H and O–H groups in total. The monoisotopic (exact) mass is 681 g/mol. The fourth-order valence-electron chi connectivity index (χ4n) is 7.54. The number of esters is 3. The lowest BCUT2D eigenvalue weighted by atomic mass is 9.95. The first-order valence-corrected chi connectivity index (χ1v) is 16.8. The highest BCUT2D eigenvalue weighted by molar-refractivity contribution is 5.93. The minimum absolute atomic E-state index is 0.173. The van der Waals surface area contributed by atoms with Gasteiger partial charge in [-0.05, 0) is 49.0 Å². The Labute approximate surface area is 296 Å². The molecule has 3 atom stereocenters. The van der Waals surface area contributed by atoms with E-state index in [1.54, 1.807) is 0 Å². The largest absolute Gasteiger partial charge is 0.468 e. The van der Waals surface area contributed by atoms with Crippen molar-refractivity contribution < 1.29 is 28.6 Å². The van der Waals surface area contributed by atoms with Crippen LogP contribution >= 0.6 is 0 Å². The maximum atomic E-state index is 14.0. The maximum Gasteiger partial charge on any atom is 0.327 e. The van der Waals surface area contributed by atoms with Gasteiger partial charge in [-0.25, -0.2) is 14.4 Å². The number of carbonyl (C=O) groups is 3. The fourth-order valence-corrected chi connectivity index (χ4v) is 7.54. The van der Waals surface area contributed by atoms with E-state index in [0.717, 1.165) is 49.0 Å². The van der Waals surface area contributed by atoms with Crippen LogP contribution in [0.15, 0.2) is 127 Å². The van der Waals surface area contributed by atoms with Crippen LogP contribution in [0.1, 0.15) is 34.8 Å². The van der Waals surface area contributed by atoms with Gasteiger partial charge in [-0.15, -0.1) is 0 Å². The standard InChI is InChI=1S/C42H39N3O6/c1-49-40(46)37(34-22-10-16-28-13-4-7-19-31(28)34)43-25-44(38(41(47)50-2)35-23-11-17-29-14-5-8-20-32(29)35)27-45(26-43)39(42(48)51-3)36-24-12-18-30-15-6-9-21-33(30)36/h4-24,37-39H,25-27H2,1-3H3. The molecule has 0 aromatic heterocycles. The first-order chi connectivity index (χ1) is 24.9. The lowest BCUT2D eigenvalue weighted by Gasteiger charge is -2.48. The van der Waals surface area contributed by atoms with Crippen LogP contribution < -0.4 is 0 Å². The zero-order chi connectivity index (χ0) is 35.5. The Hall–Kier alpha value is -5.61. The van der Waals surface area contributed by atoms with Gasteiger partial charge in [0.05, 0.1) is 41.3 Å². The summed E-state index contributed by atoms with van der Waals surface area (Å²) in [7, 11) is 4.13. The molecule has 0 radical (unpaired) electrons. The van der Waals surface area contributed by atoms with E-state index in [-0.39, 0.29) is 20.0 Å². The second-order valence-electron chi connectivity index (χ2n) is 12.7. The summed E-state index contributed by atoms with van der Waals surface area (Å²) < 4.78 is 16.4. The third kappa shape index (κ3) is 6.43. The molecule has 0 bridgehead atoms. The molecule has 6 aromatic rings. The van der Waals surface area contributed by atoms with Gasteiger partial charge in [0.15, 0.2) is 0 Å². The van der Waals surface area contributed by atoms with Crippen molar-refractivity contribution in [1.82, 2.24) is 14.7 Å². The predicted molar refractivity (Wildman–Crippen MR) is 196 cm³/mol. The molecule has 9 heteroatoms. The number of hydrogen-bond acceptors (Lipinski definition) is 9. The Morgan fingerprint density at radius 1 is 0.412 bits per heavy atom. The number of hydrogen-bond donors (Lipinski definition) is 0. The molecule has 258 valence electrons. The Balaban J connectivity index is 1.43. The molecule has 1 heterocycles. The van der Waals surface area contributed by atoms with Gasteiger partial charge in [-0.2, -0.15) is 0 Å². The molecule has 0 saturated carbocycles. The number of nitrogens with zero attached hydrogens (tertiary/aromatic N) is 3. The SMILES string of the molecule is COC(=O)C(c1cccc2ccccc12)N1CN(C(C(=O)OC)c2cccc3ccccc23)CN(C(C(=O)OC)c2cccc3ccccc23)C1. The average Bonchev–Trinajstić information content (AvgIpc) is 3.18. The van der Waals surface area contributed by atoms with Crippen molar-refractivity contribution in [3.8, 4) is 0 Å². The molecule has 1 fully saturated rings. The van der Waals surface area contributed by atoms with Crippen LogP contribution in [-0.4, -0.2) is 73.9 Å².